The van der Waals surface area contributed by atoms with E-state index in [1.807, 2.05) is 29.2 Å². The van der Waals surface area contributed by atoms with Gasteiger partial charge in [-0.3, -0.25) is 5.41 Å². The fourth-order valence-corrected chi connectivity index (χ4v) is 2.74. The molecule has 1 fully saturated rings. The SMILES string of the molecule is CC1CCN(C(=N)C(C#N)=C2Nc3ccccc3N2)CC1. The number of anilines is 2. The lowest BCUT2D eigenvalue weighted by molar-refractivity contribution is 0.279. The van der Waals surface area contributed by atoms with Crippen LogP contribution in [0.2, 0.25) is 0 Å². The normalized spacial score (nSPS) is 17.5. The summed E-state index contributed by atoms with van der Waals surface area (Å²) in [7, 11) is 0. The van der Waals surface area contributed by atoms with Gasteiger partial charge < -0.3 is 15.5 Å². The van der Waals surface area contributed by atoms with Crippen molar-refractivity contribution in [1.29, 1.82) is 10.7 Å². The summed E-state index contributed by atoms with van der Waals surface area (Å²) in [5.74, 6) is 1.63. The fourth-order valence-electron chi connectivity index (χ4n) is 2.74. The molecule has 1 aromatic rings. The maximum absolute atomic E-state index is 9.46. The first kappa shape index (κ1) is 13.5. The number of nitrogens with zero attached hydrogens (tertiary/aromatic N) is 2. The molecule has 3 N–H and O–H groups in total. The second kappa shape index (κ2) is 5.49. The van der Waals surface area contributed by atoms with Gasteiger partial charge in [0.1, 0.15) is 23.3 Å². The van der Waals surface area contributed by atoms with Crippen LogP contribution in [-0.2, 0) is 0 Å². The number of para-hydroxylation sites is 2. The van der Waals surface area contributed by atoms with Gasteiger partial charge in [-0.2, -0.15) is 5.26 Å². The van der Waals surface area contributed by atoms with Crippen LogP contribution in [0.5, 0.6) is 0 Å². The van der Waals surface area contributed by atoms with Crippen molar-refractivity contribution in [2.45, 2.75) is 19.8 Å². The largest absolute Gasteiger partial charge is 0.356 e. The minimum Gasteiger partial charge on any atom is -0.356 e. The molecule has 0 unspecified atom stereocenters. The summed E-state index contributed by atoms with van der Waals surface area (Å²) in [5, 5.41) is 24.2. The lowest BCUT2D eigenvalue weighted by Gasteiger charge is -2.32. The van der Waals surface area contributed by atoms with E-state index in [-0.39, 0.29) is 0 Å². The van der Waals surface area contributed by atoms with Crippen LogP contribution in [0.15, 0.2) is 35.7 Å². The predicted molar refractivity (Wildman–Crippen MR) is 84.0 cm³/mol. The van der Waals surface area contributed by atoms with Crippen LogP contribution in [0.3, 0.4) is 0 Å². The molecule has 108 valence electrons. The topological polar surface area (TPSA) is 74.9 Å². The zero-order chi connectivity index (χ0) is 14.8. The van der Waals surface area contributed by atoms with Crippen LogP contribution in [0.25, 0.3) is 0 Å². The highest BCUT2D eigenvalue weighted by Crippen LogP contribution is 2.31. The van der Waals surface area contributed by atoms with Crippen LogP contribution >= 0.6 is 0 Å². The highest BCUT2D eigenvalue weighted by Gasteiger charge is 2.25. The fraction of sp³-hybridized carbons (Fsp3) is 0.375. The molecule has 1 saturated heterocycles. The van der Waals surface area contributed by atoms with Crippen LogP contribution in [-0.4, -0.2) is 23.8 Å². The van der Waals surface area contributed by atoms with Gasteiger partial charge in [-0.05, 0) is 30.9 Å². The molecule has 0 spiro atoms. The Bertz CT molecular complexity index is 605. The quantitative estimate of drug-likeness (QED) is 0.420. The Morgan fingerprint density at radius 1 is 1.24 bits per heavy atom. The first-order chi connectivity index (χ1) is 10.2. The number of piperidine rings is 1. The minimum absolute atomic E-state index is 0.312. The molecule has 0 saturated carbocycles. The highest BCUT2D eigenvalue weighted by molar-refractivity contribution is 6.02. The third-order valence-corrected chi connectivity index (χ3v) is 4.14. The van der Waals surface area contributed by atoms with E-state index >= 15 is 0 Å². The Kier molecular flexibility index (Phi) is 3.53. The minimum atomic E-state index is 0.312. The van der Waals surface area contributed by atoms with Gasteiger partial charge in [0.05, 0.1) is 11.4 Å². The molecule has 0 amide bonds. The van der Waals surface area contributed by atoms with Gasteiger partial charge in [0.25, 0.3) is 0 Å². The van der Waals surface area contributed by atoms with Gasteiger partial charge in [0.2, 0.25) is 0 Å². The average molecular weight is 281 g/mol. The van der Waals surface area contributed by atoms with E-state index in [4.69, 9.17) is 5.41 Å². The van der Waals surface area contributed by atoms with E-state index in [1.165, 1.54) is 0 Å². The van der Waals surface area contributed by atoms with Gasteiger partial charge in [0.15, 0.2) is 0 Å². The number of hydrogen-bond acceptors (Lipinski definition) is 4. The molecule has 5 nitrogen and oxygen atoms in total. The predicted octanol–water partition coefficient (Wildman–Crippen LogP) is 2.97. The van der Waals surface area contributed by atoms with Crippen molar-refractivity contribution < 1.29 is 0 Å². The molecule has 0 aromatic heterocycles. The lowest BCUT2D eigenvalue weighted by atomic mass is 9.98. The van der Waals surface area contributed by atoms with E-state index in [0.717, 1.165) is 37.3 Å². The van der Waals surface area contributed by atoms with E-state index in [1.54, 1.807) is 0 Å². The number of benzene rings is 1. The van der Waals surface area contributed by atoms with Crippen LogP contribution in [0.4, 0.5) is 11.4 Å². The van der Waals surface area contributed by atoms with Crippen molar-refractivity contribution in [2.75, 3.05) is 23.7 Å². The Morgan fingerprint density at radius 3 is 2.33 bits per heavy atom. The molecule has 5 heteroatoms. The van der Waals surface area contributed by atoms with Gasteiger partial charge in [0, 0.05) is 13.1 Å². The zero-order valence-corrected chi connectivity index (χ0v) is 12.1. The Hall–Kier alpha value is -2.48. The number of amidine groups is 1. The molecule has 3 rings (SSSR count). The van der Waals surface area contributed by atoms with Gasteiger partial charge in [-0.15, -0.1) is 0 Å². The zero-order valence-electron chi connectivity index (χ0n) is 12.1. The summed E-state index contributed by atoms with van der Waals surface area (Å²) in [6.07, 6.45) is 2.16. The summed E-state index contributed by atoms with van der Waals surface area (Å²) in [4.78, 5) is 2.00. The first-order valence-electron chi connectivity index (χ1n) is 7.30. The maximum Gasteiger partial charge on any atom is 0.142 e. The average Bonchev–Trinajstić information content (AvgIpc) is 2.92. The Labute approximate surface area is 124 Å². The molecular weight excluding hydrogens is 262 g/mol. The maximum atomic E-state index is 9.46. The standard InChI is InChI=1S/C16H19N5/c1-11-6-8-21(9-7-11)15(18)12(10-17)16-19-13-4-2-3-5-14(13)20-16/h2-5,11,18-20H,6-9H2,1H3. The number of likely N-dealkylation sites (tertiary alicyclic amines) is 1. The molecule has 2 heterocycles. The Morgan fingerprint density at radius 2 is 1.81 bits per heavy atom. The smallest absolute Gasteiger partial charge is 0.142 e. The van der Waals surface area contributed by atoms with Gasteiger partial charge in [-0.1, -0.05) is 19.1 Å². The second-order valence-corrected chi connectivity index (χ2v) is 5.68. The lowest BCUT2D eigenvalue weighted by Crippen LogP contribution is -2.39. The van der Waals surface area contributed by atoms with E-state index in [0.29, 0.717) is 23.1 Å². The van der Waals surface area contributed by atoms with Crippen LogP contribution in [0, 0.1) is 22.7 Å². The molecule has 0 aliphatic carbocycles. The van der Waals surface area contributed by atoms with Crippen LogP contribution < -0.4 is 10.6 Å². The van der Waals surface area contributed by atoms with Crippen molar-refractivity contribution in [3.8, 4) is 6.07 Å². The van der Waals surface area contributed by atoms with Crippen molar-refractivity contribution in [3.05, 3.63) is 35.7 Å². The number of nitrogens with one attached hydrogen (secondary N) is 3. The van der Waals surface area contributed by atoms with E-state index in [9.17, 15) is 5.26 Å². The van der Waals surface area contributed by atoms with Gasteiger partial charge >= 0.3 is 0 Å². The molecular formula is C16H19N5. The van der Waals surface area contributed by atoms with Crippen molar-refractivity contribution in [2.24, 2.45) is 5.92 Å². The first-order valence-corrected chi connectivity index (χ1v) is 7.30. The monoisotopic (exact) mass is 281 g/mol. The van der Waals surface area contributed by atoms with Crippen molar-refractivity contribution in [3.63, 3.8) is 0 Å². The third-order valence-electron chi connectivity index (χ3n) is 4.14. The Balaban J connectivity index is 1.82. The molecule has 0 radical (unpaired) electrons. The van der Waals surface area contributed by atoms with Crippen LogP contribution in [0.1, 0.15) is 19.8 Å². The summed E-state index contributed by atoms with van der Waals surface area (Å²) < 4.78 is 0. The summed E-state index contributed by atoms with van der Waals surface area (Å²) in [5.41, 5.74) is 2.27. The molecule has 2 aliphatic rings. The van der Waals surface area contributed by atoms with E-state index in [2.05, 4.69) is 23.6 Å². The second-order valence-electron chi connectivity index (χ2n) is 5.68. The number of hydrogen-bond donors (Lipinski definition) is 3. The number of rotatable bonds is 1. The van der Waals surface area contributed by atoms with Crippen molar-refractivity contribution >= 4 is 17.2 Å². The molecule has 0 atom stereocenters. The number of fused-ring (bicyclic) bond motifs is 1. The molecule has 2 aliphatic heterocycles. The summed E-state index contributed by atoms with van der Waals surface area (Å²) in [6.45, 7) is 3.94. The summed E-state index contributed by atoms with van der Waals surface area (Å²) in [6, 6.07) is 9.97. The molecule has 1 aromatic carbocycles. The molecule has 21 heavy (non-hydrogen) atoms. The summed E-state index contributed by atoms with van der Waals surface area (Å²) >= 11 is 0. The van der Waals surface area contributed by atoms with Gasteiger partial charge in [-0.25, -0.2) is 0 Å². The highest BCUT2D eigenvalue weighted by atomic mass is 15.2. The number of nitriles is 1. The molecule has 0 bridgehead atoms. The van der Waals surface area contributed by atoms with Crippen molar-refractivity contribution in [1.82, 2.24) is 4.90 Å². The third kappa shape index (κ3) is 2.57. The van der Waals surface area contributed by atoms with E-state index < -0.39 is 0 Å².